The van der Waals surface area contributed by atoms with Gasteiger partial charge in [0.1, 0.15) is 5.82 Å². The zero-order valence-corrected chi connectivity index (χ0v) is 9.83. The van der Waals surface area contributed by atoms with Gasteiger partial charge in [-0.2, -0.15) is 0 Å². The standard InChI is InChI=1S/C11H9FN4S/c1-6-4-7(2-3-8(6)12)9-5-16-11(14-9)17-10(13)15-16/h2-5H,1H3,(H2,13,15). The number of anilines is 1. The van der Waals surface area contributed by atoms with Gasteiger partial charge in [-0.3, -0.25) is 0 Å². The van der Waals surface area contributed by atoms with Crippen molar-refractivity contribution in [1.82, 2.24) is 14.6 Å². The van der Waals surface area contributed by atoms with Crippen LogP contribution in [-0.4, -0.2) is 14.6 Å². The molecule has 2 N–H and O–H groups in total. The molecule has 0 saturated carbocycles. The van der Waals surface area contributed by atoms with Crippen molar-refractivity contribution in [3.8, 4) is 11.3 Å². The van der Waals surface area contributed by atoms with Gasteiger partial charge < -0.3 is 5.73 Å². The van der Waals surface area contributed by atoms with Gasteiger partial charge in [0.15, 0.2) is 0 Å². The third-order valence-electron chi connectivity index (χ3n) is 2.51. The van der Waals surface area contributed by atoms with Crippen LogP contribution in [0.3, 0.4) is 0 Å². The summed E-state index contributed by atoms with van der Waals surface area (Å²) < 4.78 is 14.8. The zero-order chi connectivity index (χ0) is 12.0. The molecule has 3 rings (SSSR count). The van der Waals surface area contributed by atoms with E-state index in [9.17, 15) is 4.39 Å². The highest BCUT2D eigenvalue weighted by Gasteiger charge is 2.09. The minimum absolute atomic E-state index is 0.211. The van der Waals surface area contributed by atoms with Crippen LogP contribution in [0.25, 0.3) is 16.2 Å². The first kappa shape index (κ1) is 10.2. The SMILES string of the molecule is Cc1cc(-c2cn3nc(N)sc3n2)ccc1F. The highest BCUT2D eigenvalue weighted by Crippen LogP contribution is 2.24. The Balaban J connectivity index is 2.13. The lowest BCUT2D eigenvalue weighted by molar-refractivity contribution is 0.619. The van der Waals surface area contributed by atoms with Gasteiger partial charge in [-0.1, -0.05) is 11.3 Å². The number of benzene rings is 1. The number of rotatable bonds is 1. The molecule has 0 atom stereocenters. The molecule has 0 unspecified atom stereocenters. The molecule has 0 aliphatic carbocycles. The molecule has 0 aliphatic rings. The second-order valence-electron chi connectivity index (χ2n) is 3.76. The molecule has 0 saturated heterocycles. The lowest BCUT2D eigenvalue weighted by atomic mass is 10.1. The molecule has 0 aliphatic heterocycles. The van der Waals surface area contributed by atoms with E-state index in [1.165, 1.54) is 17.4 Å². The molecule has 0 spiro atoms. The van der Waals surface area contributed by atoms with Crippen molar-refractivity contribution < 1.29 is 4.39 Å². The fourth-order valence-electron chi connectivity index (χ4n) is 1.66. The number of nitrogens with zero attached hydrogens (tertiary/aromatic N) is 3. The van der Waals surface area contributed by atoms with Crippen molar-refractivity contribution >= 4 is 21.4 Å². The van der Waals surface area contributed by atoms with E-state index in [1.54, 1.807) is 29.8 Å². The highest BCUT2D eigenvalue weighted by molar-refractivity contribution is 7.20. The Morgan fingerprint density at radius 2 is 2.24 bits per heavy atom. The van der Waals surface area contributed by atoms with Crippen molar-refractivity contribution in [2.45, 2.75) is 6.92 Å². The van der Waals surface area contributed by atoms with E-state index in [0.717, 1.165) is 16.2 Å². The summed E-state index contributed by atoms with van der Waals surface area (Å²) in [6.07, 6.45) is 1.79. The smallest absolute Gasteiger partial charge is 0.214 e. The van der Waals surface area contributed by atoms with Gasteiger partial charge in [0, 0.05) is 5.56 Å². The van der Waals surface area contributed by atoms with Crippen LogP contribution in [0.1, 0.15) is 5.56 Å². The van der Waals surface area contributed by atoms with E-state index >= 15 is 0 Å². The van der Waals surface area contributed by atoms with E-state index in [-0.39, 0.29) is 5.82 Å². The van der Waals surface area contributed by atoms with E-state index in [1.807, 2.05) is 0 Å². The number of hydrogen-bond acceptors (Lipinski definition) is 4. The Morgan fingerprint density at radius 1 is 1.41 bits per heavy atom. The van der Waals surface area contributed by atoms with Crippen LogP contribution < -0.4 is 5.73 Å². The van der Waals surface area contributed by atoms with Crippen LogP contribution in [0.4, 0.5) is 9.52 Å². The molecule has 0 fully saturated rings. The van der Waals surface area contributed by atoms with Crippen molar-refractivity contribution in [2.24, 2.45) is 0 Å². The molecule has 0 amide bonds. The van der Waals surface area contributed by atoms with E-state index in [0.29, 0.717) is 10.7 Å². The molecule has 2 aromatic heterocycles. The minimum atomic E-state index is -0.211. The van der Waals surface area contributed by atoms with Crippen molar-refractivity contribution in [1.29, 1.82) is 0 Å². The van der Waals surface area contributed by atoms with Gasteiger partial charge in [0.2, 0.25) is 10.1 Å². The molecule has 1 aromatic carbocycles. The molecule has 2 heterocycles. The summed E-state index contributed by atoms with van der Waals surface area (Å²) in [6, 6.07) is 4.92. The lowest BCUT2D eigenvalue weighted by Crippen LogP contribution is -1.86. The lowest BCUT2D eigenvalue weighted by Gasteiger charge is -1.99. The summed E-state index contributed by atoms with van der Waals surface area (Å²) in [5.74, 6) is -0.211. The van der Waals surface area contributed by atoms with Crippen molar-refractivity contribution in [2.75, 3.05) is 5.73 Å². The predicted molar refractivity (Wildman–Crippen MR) is 65.4 cm³/mol. The first-order valence-corrected chi connectivity index (χ1v) is 5.83. The van der Waals surface area contributed by atoms with Gasteiger partial charge in [-0.05, 0) is 30.7 Å². The monoisotopic (exact) mass is 248 g/mol. The molecule has 0 radical (unpaired) electrons. The number of imidazole rings is 1. The van der Waals surface area contributed by atoms with Crippen LogP contribution in [0, 0.1) is 12.7 Å². The van der Waals surface area contributed by atoms with E-state index in [4.69, 9.17) is 5.73 Å². The Labute approximate surface area is 101 Å². The molecule has 6 heteroatoms. The number of aryl methyl sites for hydroxylation is 1. The normalized spacial score (nSPS) is 11.2. The topological polar surface area (TPSA) is 56.2 Å². The fourth-order valence-corrected chi connectivity index (χ4v) is 2.31. The number of halogens is 1. The summed E-state index contributed by atoms with van der Waals surface area (Å²) in [5.41, 5.74) is 7.81. The maximum Gasteiger partial charge on any atom is 0.214 e. The maximum atomic E-state index is 13.2. The first-order chi connectivity index (χ1) is 8.13. The van der Waals surface area contributed by atoms with Gasteiger partial charge in [-0.25, -0.2) is 13.9 Å². The maximum absolute atomic E-state index is 13.2. The molecular weight excluding hydrogens is 239 g/mol. The Morgan fingerprint density at radius 3 is 2.94 bits per heavy atom. The number of nitrogen functional groups attached to an aromatic ring is 1. The molecule has 0 bridgehead atoms. The minimum Gasteiger partial charge on any atom is -0.374 e. The average Bonchev–Trinajstić information content (AvgIpc) is 2.79. The third-order valence-corrected chi connectivity index (χ3v) is 3.26. The number of nitrogens with two attached hydrogens (primary N) is 1. The predicted octanol–water partition coefficient (Wildman–Crippen LogP) is 2.49. The largest absolute Gasteiger partial charge is 0.374 e. The number of aromatic nitrogens is 3. The van der Waals surface area contributed by atoms with Crippen molar-refractivity contribution in [3.63, 3.8) is 0 Å². The summed E-state index contributed by atoms with van der Waals surface area (Å²) in [6.45, 7) is 1.73. The Bertz CT molecular complexity index is 669. The van der Waals surface area contributed by atoms with Gasteiger partial charge in [0.25, 0.3) is 0 Å². The molecule has 3 aromatic rings. The highest BCUT2D eigenvalue weighted by atomic mass is 32.1. The first-order valence-electron chi connectivity index (χ1n) is 5.02. The zero-order valence-electron chi connectivity index (χ0n) is 9.01. The van der Waals surface area contributed by atoms with Gasteiger partial charge >= 0.3 is 0 Å². The molecule has 4 nitrogen and oxygen atoms in total. The van der Waals surface area contributed by atoms with Crippen LogP contribution >= 0.6 is 11.3 Å². The molecule has 86 valence electrons. The van der Waals surface area contributed by atoms with Crippen LogP contribution in [0.2, 0.25) is 0 Å². The second-order valence-corrected chi connectivity index (χ2v) is 4.75. The fraction of sp³-hybridized carbons (Fsp3) is 0.0909. The van der Waals surface area contributed by atoms with Crippen LogP contribution in [-0.2, 0) is 0 Å². The molecule has 17 heavy (non-hydrogen) atoms. The van der Waals surface area contributed by atoms with Crippen LogP contribution in [0.15, 0.2) is 24.4 Å². The average molecular weight is 248 g/mol. The van der Waals surface area contributed by atoms with Crippen molar-refractivity contribution in [3.05, 3.63) is 35.8 Å². The summed E-state index contributed by atoms with van der Waals surface area (Å²) in [7, 11) is 0. The summed E-state index contributed by atoms with van der Waals surface area (Å²) in [4.78, 5) is 5.13. The Kier molecular flexibility index (Phi) is 2.12. The van der Waals surface area contributed by atoms with Gasteiger partial charge in [-0.15, -0.1) is 5.10 Å². The third kappa shape index (κ3) is 1.66. The quantitative estimate of drug-likeness (QED) is 0.719. The van der Waals surface area contributed by atoms with E-state index < -0.39 is 0 Å². The molecular formula is C11H9FN4S. The van der Waals surface area contributed by atoms with Crippen LogP contribution in [0.5, 0.6) is 0 Å². The Hall–Kier alpha value is -1.95. The van der Waals surface area contributed by atoms with Gasteiger partial charge in [0.05, 0.1) is 11.9 Å². The number of hydrogen-bond donors (Lipinski definition) is 1. The summed E-state index contributed by atoms with van der Waals surface area (Å²) in [5, 5.41) is 4.56. The van der Waals surface area contributed by atoms with E-state index in [2.05, 4.69) is 10.1 Å². The number of fused-ring (bicyclic) bond motifs is 1. The summed E-state index contributed by atoms with van der Waals surface area (Å²) >= 11 is 1.32. The second kappa shape index (κ2) is 3.53.